The zero-order valence-electron chi connectivity index (χ0n) is 10.7. The van der Waals surface area contributed by atoms with Crippen molar-refractivity contribution >= 4 is 17.0 Å². The van der Waals surface area contributed by atoms with Gasteiger partial charge in [0.15, 0.2) is 0 Å². The molecule has 0 aliphatic rings. The number of aryl methyl sites for hydroxylation is 1. The molecule has 1 aromatic carbocycles. The second-order valence-corrected chi connectivity index (χ2v) is 4.53. The van der Waals surface area contributed by atoms with E-state index in [0.29, 0.717) is 6.04 Å². The molecular weight excluding hydrogens is 210 g/mol. The first-order chi connectivity index (χ1) is 8.18. The van der Waals surface area contributed by atoms with E-state index < -0.39 is 0 Å². The first kappa shape index (κ1) is 11.9. The van der Waals surface area contributed by atoms with E-state index >= 15 is 0 Å². The number of para-hydroxylation sites is 1. The summed E-state index contributed by atoms with van der Waals surface area (Å²) in [6.45, 7) is 7.19. The maximum Gasteiger partial charge on any atom is 0.134 e. The summed E-state index contributed by atoms with van der Waals surface area (Å²) in [6.07, 6.45) is 4.28. The number of furan rings is 1. The lowest BCUT2D eigenvalue weighted by Crippen LogP contribution is -2.22. The summed E-state index contributed by atoms with van der Waals surface area (Å²) in [5, 5.41) is 4.54. The van der Waals surface area contributed by atoms with Crippen molar-refractivity contribution in [3.63, 3.8) is 0 Å². The van der Waals surface area contributed by atoms with Gasteiger partial charge < -0.3 is 9.73 Å². The predicted octanol–water partition coefficient (Wildman–Crippen LogP) is 3.75. The van der Waals surface area contributed by atoms with Crippen molar-refractivity contribution in [3.05, 3.63) is 41.7 Å². The molecule has 1 aromatic heterocycles. The molecule has 0 fully saturated rings. The van der Waals surface area contributed by atoms with Gasteiger partial charge in [0.1, 0.15) is 11.3 Å². The van der Waals surface area contributed by atoms with Crippen LogP contribution < -0.4 is 5.32 Å². The second-order valence-electron chi connectivity index (χ2n) is 4.53. The largest absolute Gasteiger partial charge is 0.461 e. The van der Waals surface area contributed by atoms with Crippen molar-refractivity contribution in [2.45, 2.75) is 26.8 Å². The highest BCUT2D eigenvalue weighted by Crippen LogP contribution is 2.26. The van der Waals surface area contributed by atoms with Gasteiger partial charge in [-0.05, 0) is 13.0 Å². The molecule has 0 saturated carbocycles. The van der Waals surface area contributed by atoms with Crippen LogP contribution in [0.15, 0.2) is 34.8 Å². The average molecular weight is 229 g/mol. The minimum absolute atomic E-state index is 0.516. The predicted molar refractivity (Wildman–Crippen MR) is 73.1 cm³/mol. The molecule has 1 heterocycles. The van der Waals surface area contributed by atoms with E-state index in [4.69, 9.17) is 4.42 Å². The third kappa shape index (κ3) is 2.77. The molecule has 0 aliphatic heterocycles. The molecule has 0 atom stereocenters. The van der Waals surface area contributed by atoms with Crippen LogP contribution in [0.1, 0.15) is 25.2 Å². The molecule has 2 rings (SSSR count). The Kier molecular flexibility index (Phi) is 3.64. The Morgan fingerprint density at radius 3 is 2.82 bits per heavy atom. The van der Waals surface area contributed by atoms with Crippen LogP contribution in [0.2, 0.25) is 0 Å². The van der Waals surface area contributed by atoms with Crippen LogP contribution in [-0.2, 0) is 0 Å². The van der Waals surface area contributed by atoms with Crippen LogP contribution >= 0.6 is 0 Å². The van der Waals surface area contributed by atoms with Crippen molar-refractivity contribution < 1.29 is 4.42 Å². The van der Waals surface area contributed by atoms with Gasteiger partial charge in [-0.25, -0.2) is 0 Å². The Hall–Kier alpha value is -1.54. The van der Waals surface area contributed by atoms with Crippen molar-refractivity contribution in [3.8, 4) is 0 Å². The first-order valence-electron chi connectivity index (χ1n) is 6.06. The summed E-state index contributed by atoms with van der Waals surface area (Å²) >= 11 is 0. The lowest BCUT2D eigenvalue weighted by atomic mass is 10.1. The number of hydrogen-bond acceptors (Lipinski definition) is 2. The summed E-state index contributed by atoms with van der Waals surface area (Å²) in [7, 11) is 0. The van der Waals surface area contributed by atoms with Crippen molar-refractivity contribution in [1.29, 1.82) is 0 Å². The van der Waals surface area contributed by atoms with E-state index in [0.717, 1.165) is 17.9 Å². The minimum atomic E-state index is 0.516. The summed E-state index contributed by atoms with van der Waals surface area (Å²) < 4.78 is 5.71. The van der Waals surface area contributed by atoms with Crippen LogP contribution in [-0.4, -0.2) is 12.6 Å². The molecule has 0 saturated heterocycles. The van der Waals surface area contributed by atoms with Gasteiger partial charge in [0.2, 0.25) is 0 Å². The van der Waals surface area contributed by atoms with Gasteiger partial charge >= 0.3 is 0 Å². The van der Waals surface area contributed by atoms with Gasteiger partial charge in [-0.15, -0.1) is 0 Å². The Morgan fingerprint density at radius 2 is 2.06 bits per heavy atom. The van der Waals surface area contributed by atoms with Gasteiger partial charge in [0, 0.05) is 23.5 Å². The molecule has 0 unspecified atom stereocenters. The Labute approximate surface area is 102 Å². The third-order valence-electron chi connectivity index (χ3n) is 2.75. The Morgan fingerprint density at radius 1 is 1.29 bits per heavy atom. The number of rotatable bonds is 4. The zero-order chi connectivity index (χ0) is 12.3. The van der Waals surface area contributed by atoms with Crippen molar-refractivity contribution in [2.24, 2.45) is 0 Å². The number of benzene rings is 1. The fraction of sp³-hybridized carbons (Fsp3) is 0.333. The monoisotopic (exact) mass is 229 g/mol. The molecule has 0 bridgehead atoms. The number of hydrogen-bond donors (Lipinski definition) is 1. The van der Waals surface area contributed by atoms with Crippen LogP contribution in [0.5, 0.6) is 0 Å². The number of nitrogens with one attached hydrogen (secondary N) is 1. The molecule has 2 heteroatoms. The topological polar surface area (TPSA) is 25.2 Å². The molecule has 17 heavy (non-hydrogen) atoms. The normalized spacial score (nSPS) is 12.0. The van der Waals surface area contributed by atoms with Crippen LogP contribution in [0.25, 0.3) is 17.0 Å². The van der Waals surface area contributed by atoms with E-state index in [2.05, 4.69) is 37.4 Å². The summed E-state index contributed by atoms with van der Waals surface area (Å²) in [6, 6.07) is 8.66. The Bertz CT molecular complexity index is 523. The molecule has 0 amide bonds. The summed E-state index contributed by atoms with van der Waals surface area (Å²) in [4.78, 5) is 0. The molecule has 0 spiro atoms. The zero-order valence-corrected chi connectivity index (χ0v) is 10.7. The van der Waals surface area contributed by atoms with E-state index in [1.807, 2.05) is 25.1 Å². The summed E-state index contributed by atoms with van der Waals surface area (Å²) in [5.41, 5.74) is 2.15. The number of fused-ring (bicyclic) bond motifs is 1. The molecule has 1 N–H and O–H groups in total. The highest BCUT2D eigenvalue weighted by Gasteiger charge is 2.06. The molecule has 0 radical (unpaired) electrons. The first-order valence-corrected chi connectivity index (χ1v) is 6.06. The van der Waals surface area contributed by atoms with E-state index in [1.54, 1.807) is 0 Å². The third-order valence-corrected chi connectivity index (χ3v) is 2.75. The molecule has 90 valence electrons. The molecule has 0 aliphatic carbocycles. The lowest BCUT2D eigenvalue weighted by molar-refractivity contribution is 0.577. The molecule has 2 aromatic rings. The average Bonchev–Trinajstić information content (AvgIpc) is 2.60. The van der Waals surface area contributed by atoms with Gasteiger partial charge in [-0.1, -0.05) is 44.2 Å². The molecular formula is C15H19NO. The SMILES string of the molecule is Cc1oc2ccccc2c1/C=C/CNC(C)C. The highest BCUT2D eigenvalue weighted by molar-refractivity contribution is 5.88. The van der Waals surface area contributed by atoms with Gasteiger partial charge in [-0.3, -0.25) is 0 Å². The smallest absolute Gasteiger partial charge is 0.134 e. The minimum Gasteiger partial charge on any atom is -0.461 e. The van der Waals surface area contributed by atoms with Crippen LogP contribution in [0.3, 0.4) is 0 Å². The van der Waals surface area contributed by atoms with Gasteiger partial charge in [0.05, 0.1) is 0 Å². The maximum atomic E-state index is 5.71. The fourth-order valence-corrected chi connectivity index (χ4v) is 1.88. The summed E-state index contributed by atoms with van der Waals surface area (Å²) in [5.74, 6) is 0.979. The fourth-order valence-electron chi connectivity index (χ4n) is 1.88. The van der Waals surface area contributed by atoms with Crippen LogP contribution in [0, 0.1) is 6.92 Å². The lowest BCUT2D eigenvalue weighted by Gasteiger charge is -2.03. The Balaban J connectivity index is 2.20. The highest BCUT2D eigenvalue weighted by atomic mass is 16.3. The standard InChI is InChI=1S/C15H19NO/c1-11(2)16-10-6-8-13-12(3)17-15-9-5-4-7-14(13)15/h4-9,11,16H,10H2,1-3H3/b8-6+. The quantitative estimate of drug-likeness (QED) is 0.863. The second kappa shape index (κ2) is 5.19. The van der Waals surface area contributed by atoms with E-state index in [1.165, 1.54) is 10.9 Å². The van der Waals surface area contributed by atoms with Gasteiger partial charge in [-0.2, -0.15) is 0 Å². The van der Waals surface area contributed by atoms with Crippen molar-refractivity contribution in [2.75, 3.05) is 6.54 Å². The molecule has 2 nitrogen and oxygen atoms in total. The van der Waals surface area contributed by atoms with Crippen LogP contribution in [0.4, 0.5) is 0 Å². The van der Waals surface area contributed by atoms with Gasteiger partial charge in [0.25, 0.3) is 0 Å². The van der Waals surface area contributed by atoms with E-state index in [-0.39, 0.29) is 0 Å². The maximum absolute atomic E-state index is 5.71. The van der Waals surface area contributed by atoms with E-state index in [9.17, 15) is 0 Å². The van der Waals surface area contributed by atoms with Crippen molar-refractivity contribution in [1.82, 2.24) is 5.32 Å².